The summed E-state index contributed by atoms with van der Waals surface area (Å²) in [5, 5.41) is 2.34. The van der Waals surface area contributed by atoms with Crippen molar-refractivity contribution in [3.05, 3.63) is 65.2 Å². The molecule has 0 aliphatic carbocycles. The molecule has 1 N–H and O–H groups in total. The number of aryl methyl sites for hydroxylation is 1. The first kappa shape index (κ1) is 12.2. The van der Waals surface area contributed by atoms with Crippen LogP contribution in [0.1, 0.15) is 15.9 Å². The third-order valence-electron chi connectivity index (χ3n) is 2.46. The van der Waals surface area contributed by atoms with Crippen LogP contribution in [0.5, 0.6) is 0 Å². The minimum Gasteiger partial charge on any atom is -0.319 e. The van der Waals surface area contributed by atoms with Crippen molar-refractivity contribution < 1.29 is 13.6 Å². The summed E-state index contributed by atoms with van der Waals surface area (Å²) in [6.45, 7) is 1.85. The molecule has 18 heavy (non-hydrogen) atoms. The van der Waals surface area contributed by atoms with E-state index < -0.39 is 17.5 Å². The van der Waals surface area contributed by atoms with Crippen molar-refractivity contribution in [2.24, 2.45) is 0 Å². The third-order valence-corrected chi connectivity index (χ3v) is 2.46. The summed E-state index contributed by atoms with van der Waals surface area (Å²) >= 11 is 0. The van der Waals surface area contributed by atoms with Crippen LogP contribution in [-0.2, 0) is 0 Å². The first-order chi connectivity index (χ1) is 8.56. The zero-order valence-electron chi connectivity index (χ0n) is 9.71. The molecule has 0 aromatic heterocycles. The summed E-state index contributed by atoms with van der Waals surface area (Å²) < 4.78 is 26.3. The lowest BCUT2D eigenvalue weighted by Crippen LogP contribution is -2.13. The van der Waals surface area contributed by atoms with Gasteiger partial charge in [0.05, 0.1) is 5.69 Å². The van der Waals surface area contributed by atoms with Crippen LogP contribution in [0.4, 0.5) is 14.5 Å². The van der Waals surface area contributed by atoms with Gasteiger partial charge in [-0.25, -0.2) is 8.78 Å². The lowest BCUT2D eigenvalue weighted by atomic mass is 10.1. The quantitative estimate of drug-likeness (QED) is 0.864. The predicted molar refractivity (Wildman–Crippen MR) is 65.5 cm³/mol. The zero-order chi connectivity index (χ0) is 13.1. The number of rotatable bonds is 2. The Balaban J connectivity index is 2.24. The fraction of sp³-hybridized carbons (Fsp3) is 0.0714. The molecule has 0 aliphatic rings. The number of anilines is 1. The van der Waals surface area contributed by atoms with E-state index in [1.807, 2.05) is 13.0 Å². The maximum atomic E-state index is 13.3. The van der Waals surface area contributed by atoms with Crippen LogP contribution in [0, 0.1) is 18.6 Å². The van der Waals surface area contributed by atoms with Crippen LogP contribution >= 0.6 is 0 Å². The second-order valence-corrected chi connectivity index (χ2v) is 3.95. The molecular formula is C14H11F2NO. The SMILES string of the molecule is Cc1cccc(C(=O)Nc2cc(F)ccc2F)c1. The van der Waals surface area contributed by atoms with E-state index in [0.29, 0.717) is 5.56 Å². The van der Waals surface area contributed by atoms with E-state index in [2.05, 4.69) is 5.32 Å². The van der Waals surface area contributed by atoms with Crippen LogP contribution in [0.2, 0.25) is 0 Å². The first-order valence-corrected chi connectivity index (χ1v) is 5.39. The molecule has 92 valence electrons. The summed E-state index contributed by atoms with van der Waals surface area (Å²) in [6, 6.07) is 9.78. The molecule has 0 fully saturated rings. The summed E-state index contributed by atoms with van der Waals surface area (Å²) in [4.78, 5) is 11.8. The van der Waals surface area contributed by atoms with Crippen LogP contribution in [0.3, 0.4) is 0 Å². The van der Waals surface area contributed by atoms with Crippen LogP contribution in [-0.4, -0.2) is 5.91 Å². The molecule has 0 spiro atoms. The number of hydrogen-bond acceptors (Lipinski definition) is 1. The van der Waals surface area contributed by atoms with Gasteiger partial charge in [0.2, 0.25) is 0 Å². The molecule has 1 amide bonds. The van der Waals surface area contributed by atoms with Gasteiger partial charge in [0.15, 0.2) is 0 Å². The van der Waals surface area contributed by atoms with Crippen molar-refractivity contribution in [3.8, 4) is 0 Å². The number of carbonyl (C=O) groups is 1. The molecule has 2 aromatic rings. The van der Waals surface area contributed by atoms with Gasteiger partial charge < -0.3 is 5.32 Å². The molecule has 4 heteroatoms. The average molecular weight is 247 g/mol. The highest BCUT2D eigenvalue weighted by Crippen LogP contribution is 2.16. The van der Waals surface area contributed by atoms with E-state index in [-0.39, 0.29) is 5.69 Å². The Bertz CT molecular complexity index is 596. The Hall–Kier alpha value is -2.23. The fourth-order valence-corrected chi connectivity index (χ4v) is 1.57. The van der Waals surface area contributed by atoms with Crippen molar-refractivity contribution in [2.75, 3.05) is 5.32 Å². The highest BCUT2D eigenvalue weighted by Gasteiger charge is 2.10. The van der Waals surface area contributed by atoms with Gasteiger partial charge in [-0.3, -0.25) is 4.79 Å². The van der Waals surface area contributed by atoms with E-state index in [4.69, 9.17) is 0 Å². The van der Waals surface area contributed by atoms with Gasteiger partial charge in [0.25, 0.3) is 5.91 Å². The van der Waals surface area contributed by atoms with Gasteiger partial charge in [0.1, 0.15) is 11.6 Å². The van der Waals surface area contributed by atoms with Crippen LogP contribution < -0.4 is 5.32 Å². The number of amides is 1. The van der Waals surface area contributed by atoms with E-state index in [0.717, 1.165) is 23.8 Å². The largest absolute Gasteiger partial charge is 0.319 e. The minimum absolute atomic E-state index is 0.165. The van der Waals surface area contributed by atoms with Gasteiger partial charge in [-0.05, 0) is 31.2 Å². The molecule has 0 unspecified atom stereocenters. The number of benzene rings is 2. The van der Waals surface area contributed by atoms with E-state index in [9.17, 15) is 13.6 Å². The fourth-order valence-electron chi connectivity index (χ4n) is 1.57. The highest BCUT2D eigenvalue weighted by atomic mass is 19.1. The van der Waals surface area contributed by atoms with Crippen molar-refractivity contribution >= 4 is 11.6 Å². The number of carbonyl (C=O) groups excluding carboxylic acids is 1. The number of hydrogen-bond donors (Lipinski definition) is 1. The van der Waals surface area contributed by atoms with Crippen molar-refractivity contribution in [3.63, 3.8) is 0 Å². The Morgan fingerprint density at radius 3 is 2.61 bits per heavy atom. The molecule has 0 saturated carbocycles. The van der Waals surface area contributed by atoms with Gasteiger partial charge in [-0.15, -0.1) is 0 Å². The number of nitrogens with one attached hydrogen (secondary N) is 1. The Kier molecular flexibility index (Phi) is 3.37. The second-order valence-electron chi connectivity index (χ2n) is 3.95. The summed E-state index contributed by atoms with van der Waals surface area (Å²) in [5.74, 6) is -1.74. The third kappa shape index (κ3) is 2.71. The molecule has 0 atom stereocenters. The maximum absolute atomic E-state index is 13.3. The molecule has 0 bridgehead atoms. The number of halogens is 2. The van der Waals surface area contributed by atoms with E-state index in [1.54, 1.807) is 18.2 Å². The molecular weight excluding hydrogens is 236 g/mol. The topological polar surface area (TPSA) is 29.1 Å². The molecule has 0 heterocycles. The molecule has 2 rings (SSSR count). The Morgan fingerprint density at radius 1 is 1.11 bits per heavy atom. The first-order valence-electron chi connectivity index (χ1n) is 5.39. The van der Waals surface area contributed by atoms with Gasteiger partial charge in [-0.1, -0.05) is 17.7 Å². The minimum atomic E-state index is -0.669. The van der Waals surface area contributed by atoms with Crippen LogP contribution in [0.25, 0.3) is 0 Å². The summed E-state index contributed by atoms with van der Waals surface area (Å²) in [7, 11) is 0. The lowest BCUT2D eigenvalue weighted by Gasteiger charge is -2.07. The molecule has 0 aliphatic heterocycles. The maximum Gasteiger partial charge on any atom is 0.255 e. The smallest absolute Gasteiger partial charge is 0.255 e. The van der Waals surface area contributed by atoms with Crippen molar-refractivity contribution in [1.29, 1.82) is 0 Å². The highest BCUT2D eigenvalue weighted by molar-refractivity contribution is 6.04. The van der Waals surface area contributed by atoms with Gasteiger partial charge in [-0.2, -0.15) is 0 Å². The average Bonchev–Trinajstić information content (AvgIpc) is 2.34. The van der Waals surface area contributed by atoms with E-state index >= 15 is 0 Å². The Labute approximate surface area is 103 Å². The molecule has 2 aromatic carbocycles. The van der Waals surface area contributed by atoms with Crippen LogP contribution in [0.15, 0.2) is 42.5 Å². The zero-order valence-corrected chi connectivity index (χ0v) is 9.71. The second kappa shape index (κ2) is 4.96. The van der Waals surface area contributed by atoms with Crippen molar-refractivity contribution in [1.82, 2.24) is 0 Å². The van der Waals surface area contributed by atoms with Gasteiger partial charge in [0, 0.05) is 11.6 Å². The monoisotopic (exact) mass is 247 g/mol. The standard InChI is InChI=1S/C14H11F2NO/c1-9-3-2-4-10(7-9)14(18)17-13-8-11(15)5-6-12(13)16/h2-8H,1H3,(H,17,18). The molecule has 0 radical (unpaired) electrons. The van der Waals surface area contributed by atoms with Crippen molar-refractivity contribution in [2.45, 2.75) is 6.92 Å². The predicted octanol–water partition coefficient (Wildman–Crippen LogP) is 3.53. The van der Waals surface area contributed by atoms with Gasteiger partial charge >= 0.3 is 0 Å². The molecule has 0 saturated heterocycles. The summed E-state index contributed by atoms with van der Waals surface area (Å²) in [5.41, 5.74) is 1.16. The normalized spacial score (nSPS) is 10.2. The molecule has 2 nitrogen and oxygen atoms in total. The van der Waals surface area contributed by atoms with E-state index in [1.165, 1.54) is 0 Å². The lowest BCUT2D eigenvalue weighted by molar-refractivity contribution is 0.102. The Morgan fingerprint density at radius 2 is 1.89 bits per heavy atom. The summed E-state index contributed by atoms with van der Waals surface area (Å²) in [6.07, 6.45) is 0.